The topological polar surface area (TPSA) is 110 Å². The van der Waals surface area contributed by atoms with Crippen molar-refractivity contribution in [2.45, 2.75) is 18.2 Å². The summed E-state index contributed by atoms with van der Waals surface area (Å²) in [5.41, 5.74) is 0. The quantitative estimate of drug-likeness (QED) is 0.755. The van der Waals surface area contributed by atoms with E-state index in [1.807, 2.05) is 0 Å². The Kier molecular flexibility index (Phi) is 5.89. The number of nitrogens with zero attached hydrogens (tertiary/aromatic N) is 1. The average Bonchev–Trinajstić information content (AvgIpc) is 2.59. The van der Waals surface area contributed by atoms with Gasteiger partial charge in [-0.25, -0.2) is 8.42 Å². The standard InChI is InChI=1S/C16H21NO7S/c1-11(16(19)20)10-17(2)15(18)5-8-25(21,22)12-3-4-13-14(9-12)24-7-6-23-13/h3-4,9,11H,5-8,10H2,1-2H3,(H,19,20). The first-order valence-corrected chi connectivity index (χ1v) is 9.45. The zero-order chi connectivity index (χ0) is 18.6. The van der Waals surface area contributed by atoms with Crippen molar-refractivity contribution in [3.63, 3.8) is 0 Å². The van der Waals surface area contributed by atoms with E-state index in [-0.39, 0.29) is 23.6 Å². The van der Waals surface area contributed by atoms with Crippen LogP contribution in [0.4, 0.5) is 0 Å². The number of amides is 1. The third-order valence-electron chi connectivity index (χ3n) is 3.85. The molecule has 0 aliphatic carbocycles. The van der Waals surface area contributed by atoms with Crippen molar-refractivity contribution < 1.29 is 32.6 Å². The molecule has 0 radical (unpaired) electrons. The van der Waals surface area contributed by atoms with Gasteiger partial charge in [-0.3, -0.25) is 9.59 Å². The number of carbonyl (C=O) groups is 2. The molecule has 9 heteroatoms. The van der Waals surface area contributed by atoms with Crippen molar-refractivity contribution in [3.8, 4) is 11.5 Å². The van der Waals surface area contributed by atoms with Crippen LogP contribution in [0.5, 0.6) is 11.5 Å². The molecule has 1 aromatic carbocycles. The lowest BCUT2D eigenvalue weighted by Crippen LogP contribution is -2.34. The van der Waals surface area contributed by atoms with Gasteiger partial charge >= 0.3 is 5.97 Å². The van der Waals surface area contributed by atoms with Gasteiger partial charge in [0.05, 0.1) is 16.6 Å². The van der Waals surface area contributed by atoms with E-state index in [2.05, 4.69) is 0 Å². The Balaban J connectivity index is 1.99. The first-order chi connectivity index (χ1) is 11.7. The molecule has 1 aliphatic rings. The van der Waals surface area contributed by atoms with Crippen LogP contribution in [0.15, 0.2) is 23.1 Å². The summed E-state index contributed by atoms with van der Waals surface area (Å²) in [6, 6.07) is 4.35. The molecule has 25 heavy (non-hydrogen) atoms. The monoisotopic (exact) mass is 371 g/mol. The van der Waals surface area contributed by atoms with Crippen LogP contribution >= 0.6 is 0 Å². The van der Waals surface area contributed by atoms with Crippen molar-refractivity contribution >= 4 is 21.7 Å². The zero-order valence-corrected chi connectivity index (χ0v) is 14.9. The van der Waals surface area contributed by atoms with Crippen LogP contribution in [0, 0.1) is 5.92 Å². The fourth-order valence-corrected chi connectivity index (χ4v) is 3.58. The Labute approximate surface area is 146 Å². The van der Waals surface area contributed by atoms with Crippen LogP contribution in [0.25, 0.3) is 0 Å². The molecule has 0 saturated heterocycles. The lowest BCUT2D eigenvalue weighted by molar-refractivity contribution is -0.142. The average molecular weight is 371 g/mol. The number of carboxylic acids is 1. The van der Waals surface area contributed by atoms with Gasteiger partial charge in [-0.2, -0.15) is 0 Å². The van der Waals surface area contributed by atoms with Crippen molar-refractivity contribution in [2.24, 2.45) is 5.92 Å². The third kappa shape index (κ3) is 4.85. The van der Waals surface area contributed by atoms with Gasteiger partial charge in [-0.1, -0.05) is 6.92 Å². The number of hydrogen-bond donors (Lipinski definition) is 1. The van der Waals surface area contributed by atoms with Crippen LogP contribution in [0.1, 0.15) is 13.3 Å². The Morgan fingerprint density at radius 3 is 2.52 bits per heavy atom. The van der Waals surface area contributed by atoms with Gasteiger partial charge in [0.1, 0.15) is 13.2 Å². The summed E-state index contributed by atoms with van der Waals surface area (Å²) >= 11 is 0. The Morgan fingerprint density at radius 1 is 1.24 bits per heavy atom. The maximum atomic E-state index is 12.4. The lowest BCUT2D eigenvalue weighted by atomic mass is 10.2. The Morgan fingerprint density at radius 2 is 1.88 bits per heavy atom. The van der Waals surface area contributed by atoms with Crippen molar-refractivity contribution in [3.05, 3.63) is 18.2 Å². The predicted molar refractivity (Wildman–Crippen MR) is 88.5 cm³/mol. The van der Waals surface area contributed by atoms with Crippen LogP contribution in [0.3, 0.4) is 0 Å². The van der Waals surface area contributed by atoms with Crippen LogP contribution in [-0.2, 0) is 19.4 Å². The summed E-state index contributed by atoms with van der Waals surface area (Å²) in [5, 5.41) is 8.86. The fourth-order valence-electron chi connectivity index (χ4n) is 2.34. The minimum atomic E-state index is -3.67. The molecule has 8 nitrogen and oxygen atoms in total. The van der Waals surface area contributed by atoms with Gasteiger partial charge < -0.3 is 19.5 Å². The summed E-state index contributed by atoms with van der Waals surface area (Å²) in [6.07, 6.45) is -0.223. The molecule has 0 fully saturated rings. The number of rotatable bonds is 7. The maximum Gasteiger partial charge on any atom is 0.308 e. The molecule has 138 valence electrons. The van der Waals surface area contributed by atoms with E-state index >= 15 is 0 Å². The Bertz CT molecular complexity index is 760. The van der Waals surface area contributed by atoms with Gasteiger partial charge in [0, 0.05) is 26.1 Å². The first-order valence-electron chi connectivity index (χ1n) is 7.80. The lowest BCUT2D eigenvalue weighted by Gasteiger charge is -2.20. The summed E-state index contributed by atoms with van der Waals surface area (Å²) in [7, 11) is -2.21. The van der Waals surface area contributed by atoms with E-state index < -0.39 is 27.6 Å². The molecule has 1 atom stereocenters. The van der Waals surface area contributed by atoms with Crippen molar-refractivity contribution in [1.29, 1.82) is 0 Å². The summed E-state index contributed by atoms with van der Waals surface area (Å²) in [6.45, 7) is 2.27. The maximum absolute atomic E-state index is 12.4. The Hall–Kier alpha value is -2.29. The number of carbonyl (C=O) groups excluding carboxylic acids is 1. The minimum Gasteiger partial charge on any atom is -0.486 e. The molecule has 1 amide bonds. The normalized spacial score (nSPS) is 14.6. The van der Waals surface area contributed by atoms with E-state index in [1.54, 1.807) is 0 Å². The van der Waals surface area contributed by atoms with Gasteiger partial charge in [0.25, 0.3) is 0 Å². The first kappa shape index (κ1) is 19.0. The van der Waals surface area contributed by atoms with Crippen LogP contribution in [-0.4, -0.2) is 62.9 Å². The van der Waals surface area contributed by atoms with Crippen LogP contribution in [0.2, 0.25) is 0 Å². The molecule has 2 rings (SSSR count). The van der Waals surface area contributed by atoms with E-state index in [4.69, 9.17) is 14.6 Å². The smallest absolute Gasteiger partial charge is 0.308 e. The number of ether oxygens (including phenoxy) is 2. The van der Waals surface area contributed by atoms with Crippen molar-refractivity contribution in [2.75, 3.05) is 32.6 Å². The zero-order valence-electron chi connectivity index (χ0n) is 14.1. The molecule has 0 saturated carbocycles. The van der Waals surface area contributed by atoms with E-state index in [0.29, 0.717) is 24.7 Å². The van der Waals surface area contributed by atoms with E-state index in [9.17, 15) is 18.0 Å². The molecule has 0 spiro atoms. The summed E-state index contributed by atoms with van der Waals surface area (Å²) in [5.74, 6) is -1.66. The molecular formula is C16H21NO7S. The molecule has 1 unspecified atom stereocenters. The van der Waals surface area contributed by atoms with Gasteiger partial charge in [0.15, 0.2) is 21.3 Å². The summed E-state index contributed by atoms with van der Waals surface area (Å²) < 4.78 is 35.5. The van der Waals surface area contributed by atoms with E-state index in [1.165, 1.54) is 37.1 Å². The third-order valence-corrected chi connectivity index (χ3v) is 5.57. The number of fused-ring (bicyclic) bond motifs is 1. The number of sulfone groups is 1. The number of hydrogen-bond acceptors (Lipinski definition) is 6. The van der Waals surface area contributed by atoms with Crippen LogP contribution < -0.4 is 9.47 Å². The molecular weight excluding hydrogens is 350 g/mol. The largest absolute Gasteiger partial charge is 0.486 e. The van der Waals surface area contributed by atoms with E-state index in [0.717, 1.165) is 0 Å². The second kappa shape index (κ2) is 7.73. The molecule has 1 aromatic rings. The second-order valence-corrected chi connectivity index (χ2v) is 8.00. The fraction of sp³-hybridized carbons (Fsp3) is 0.500. The molecule has 1 aliphatic heterocycles. The highest BCUT2D eigenvalue weighted by Gasteiger charge is 2.23. The second-order valence-electron chi connectivity index (χ2n) is 5.89. The molecule has 0 aromatic heterocycles. The molecule has 1 heterocycles. The van der Waals surface area contributed by atoms with Gasteiger partial charge in [-0.05, 0) is 12.1 Å². The van der Waals surface area contributed by atoms with Gasteiger partial charge in [0.2, 0.25) is 5.91 Å². The highest BCUT2D eigenvalue weighted by Crippen LogP contribution is 2.32. The summed E-state index contributed by atoms with van der Waals surface area (Å²) in [4.78, 5) is 24.2. The molecule has 1 N–H and O–H groups in total. The highest BCUT2D eigenvalue weighted by atomic mass is 32.2. The van der Waals surface area contributed by atoms with Gasteiger partial charge in [-0.15, -0.1) is 0 Å². The molecule has 0 bridgehead atoms. The number of benzene rings is 1. The highest BCUT2D eigenvalue weighted by molar-refractivity contribution is 7.91. The predicted octanol–water partition coefficient (Wildman–Crippen LogP) is 0.801. The number of aliphatic carboxylic acids is 1. The SMILES string of the molecule is CC(CN(C)C(=O)CCS(=O)(=O)c1ccc2c(c1)OCCO2)C(=O)O. The van der Waals surface area contributed by atoms with Crippen molar-refractivity contribution in [1.82, 2.24) is 4.90 Å². The minimum absolute atomic E-state index is 0.0260. The number of carboxylic acid groups (broad SMARTS) is 1.